The van der Waals surface area contributed by atoms with Crippen LogP contribution in [0.15, 0.2) is 12.1 Å². The number of hydrogen-bond acceptors (Lipinski definition) is 2. The second-order valence-electron chi connectivity index (χ2n) is 3.53. The van der Waals surface area contributed by atoms with E-state index < -0.39 is 6.10 Å². The standard InChI is InChI=1S/C11H15ClO2/c1-7-4-10(12)5-8(2)11(7)14-6-9(3)13/h4-5,9,13H,6H2,1-3H3. The molecular weight excluding hydrogens is 200 g/mol. The predicted molar refractivity (Wildman–Crippen MR) is 58.1 cm³/mol. The van der Waals surface area contributed by atoms with Gasteiger partial charge in [0, 0.05) is 5.02 Å². The zero-order chi connectivity index (χ0) is 10.7. The fraction of sp³-hybridized carbons (Fsp3) is 0.455. The third kappa shape index (κ3) is 2.89. The first-order chi connectivity index (χ1) is 6.50. The molecule has 78 valence electrons. The van der Waals surface area contributed by atoms with E-state index in [9.17, 15) is 0 Å². The minimum atomic E-state index is -0.454. The Kier molecular flexibility index (Phi) is 3.78. The molecular formula is C11H15ClO2. The topological polar surface area (TPSA) is 29.5 Å². The number of aryl methyl sites for hydroxylation is 2. The van der Waals surface area contributed by atoms with E-state index in [2.05, 4.69) is 0 Å². The lowest BCUT2D eigenvalue weighted by Crippen LogP contribution is -2.13. The van der Waals surface area contributed by atoms with E-state index in [1.165, 1.54) is 0 Å². The second kappa shape index (κ2) is 4.67. The first kappa shape index (κ1) is 11.3. The summed E-state index contributed by atoms with van der Waals surface area (Å²) in [7, 11) is 0. The van der Waals surface area contributed by atoms with Gasteiger partial charge in [0.25, 0.3) is 0 Å². The van der Waals surface area contributed by atoms with Gasteiger partial charge in [0.15, 0.2) is 0 Å². The van der Waals surface area contributed by atoms with Gasteiger partial charge in [0.2, 0.25) is 0 Å². The average molecular weight is 215 g/mol. The smallest absolute Gasteiger partial charge is 0.125 e. The Hall–Kier alpha value is -0.730. The molecule has 0 aromatic heterocycles. The van der Waals surface area contributed by atoms with E-state index in [0.29, 0.717) is 11.6 Å². The molecule has 0 fully saturated rings. The van der Waals surface area contributed by atoms with Crippen LogP contribution in [0.5, 0.6) is 5.75 Å². The number of ether oxygens (including phenoxy) is 1. The Balaban J connectivity index is 2.86. The van der Waals surface area contributed by atoms with Crippen LogP contribution in [-0.4, -0.2) is 17.8 Å². The Bertz CT molecular complexity index is 298. The molecule has 0 radical (unpaired) electrons. The lowest BCUT2D eigenvalue weighted by Gasteiger charge is -2.13. The van der Waals surface area contributed by atoms with E-state index in [-0.39, 0.29) is 0 Å². The normalized spacial score (nSPS) is 12.6. The summed E-state index contributed by atoms with van der Waals surface area (Å²) in [6.07, 6.45) is -0.454. The van der Waals surface area contributed by atoms with Crippen LogP contribution in [0.25, 0.3) is 0 Å². The van der Waals surface area contributed by atoms with Crippen LogP contribution in [0.1, 0.15) is 18.1 Å². The van der Waals surface area contributed by atoms with Crippen LogP contribution >= 0.6 is 11.6 Å². The average Bonchev–Trinajstić information content (AvgIpc) is 2.01. The molecule has 1 unspecified atom stereocenters. The van der Waals surface area contributed by atoms with Gasteiger partial charge in [0.1, 0.15) is 12.4 Å². The Labute approximate surface area is 89.5 Å². The molecule has 1 aromatic carbocycles. The van der Waals surface area contributed by atoms with Crippen molar-refractivity contribution < 1.29 is 9.84 Å². The molecule has 3 heteroatoms. The molecule has 0 aliphatic heterocycles. The molecule has 0 bridgehead atoms. The lowest BCUT2D eigenvalue weighted by molar-refractivity contribution is 0.122. The molecule has 2 nitrogen and oxygen atoms in total. The molecule has 1 rings (SSSR count). The number of aliphatic hydroxyl groups is 1. The zero-order valence-electron chi connectivity index (χ0n) is 8.67. The highest BCUT2D eigenvalue weighted by Gasteiger charge is 2.06. The van der Waals surface area contributed by atoms with Gasteiger partial charge >= 0.3 is 0 Å². The fourth-order valence-electron chi connectivity index (χ4n) is 1.33. The van der Waals surface area contributed by atoms with Crippen molar-refractivity contribution in [2.24, 2.45) is 0 Å². The van der Waals surface area contributed by atoms with Gasteiger partial charge in [-0.25, -0.2) is 0 Å². The minimum absolute atomic E-state index is 0.309. The van der Waals surface area contributed by atoms with Crippen molar-refractivity contribution in [1.29, 1.82) is 0 Å². The summed E-state index contributed by atoms with van der Waals surface area (Å²) >= 11 is 5.88. The van der Waals surface area contributed by atoms with Gasteiger partial charge in [-0.2, -0.15) is 0 Å². The molecule has 0 amide bonds. The van der Waals surface area contributed by atoms with Crippen molar-refractivity contribution in [3.63, 3.8) is 0 Å². The zero-order valence-corrected chi connectivity index (χ0v) is 9.43. The van der Waals surface area contributed by atoms with Crippen LogP contribution in [0.4, 0.5) is 0 Å². The Morgan fingerprint density at radius 3 is 2.29 bits per heavy atom. The SMILES string of the molecule is Cc1cc(Cl)cc(C)c1OCC(C)O. The number of halogens is 1. The maximum atomic E-state index is 9.10. The summed E-state index contributed by atoms with van der Waals surface area (Å²) in [5.41, 5.74) is 1.99. The van der Waals surface area contributed by atoms with Gasteiger partial charge in [0.05, 0.1) is 6.10 Å². The lowest BCUT2D eigenvalue weighted by atomic mass is 10.1. The summed E-state index contributed by atoms with van der Waals surface area (Å²) in [6, 6.07) is 3.71. The number of hydrogen-bond donors (Lipinski definition) is 1. The maximum absolute atomic E-state index is 9.10. The van der Waals surface area contributed by atoms with Crippen molar-refractivity contribution in [1.82, 2.24) is 0 Å². The van der Waals surface area contributed by atoms with E-state index >= 15 is 0 Å². The van der Waals surface area contributed by atoms with Crippen LogP contribution < -0.4 is 4.74 Å². The first-order valence-corrected chi connectivity index (χ1v) is 4.96. The number of aliphatic hydroxyl groups excluding tert-OH is 1. The minimum Gasteiger partial charge on any atom is -0.490 e. The maximum Gasteiger partial charge on any atom is 0.125 e. The predicted octanol–water partition coefficient (Wildman–Crippen LogP) is 2.72. The fourth-order valence-corrected chi connectivity index (χ4v) is 1.66. The molecule has 0 saturated carbocycles. The van der Waals surface area contributed by atoms with Crippen LogP contribution in [0, 0.1) is 13.8 Å². The molecule has 0 heterocycles. The van der Waals surface area contributed by atoms with Crippen molar-refractivity contribution in [3.8, 4) is 5.75 Å². The monoisotopic (exact) mass is 214 g/mol. The van der Waals surface area contributed by atoms with Gasteiger partial charge in [-0.15, -0.1) is 0 Å². The molecule has 1 aromatic rings. The third-order valence-corrected chi connectivity index (χ3v) is 2.11. The van der Waals surface area contributed by atoms with E-state index in [1.54, 1.807) is 6.92 Å². The molecule has 1 N–H and O–H groups in total. The summed E-state index contributed by atoms with van der Waals surface area (Å²) in [5.74, 6) is 0.815. The van der Waals surface area contributed by atoms with E-state index in [4.69, 9.17) is 21.4 Å². The molecule has 1 atom stereocenters. The van der Waals surface area contributed by atoms with Crippen LogP contribution in [0.2, 0.25) is 5.02 Å². The van der Waals surface area contributed by atoms with E-state index in [0.717, 1.165) is 16.9 Å². The van der Waals surface area contributed by atoms with Crippen LogP contribution in [-0.2, 0) is 0 Å². The van der Waals surface area contributed by atoms with Gasteiger partial charge in [-0.3, -0.25) is 0 Å². The summed E-state index contributed by atoms with van der Waals surface area (Å²) < 4.78 is 5.48. The van der Waals surface area contributed by atoms with Gasteiger partial charge in [-0.05, 0) is 44.0 Å². The van der Waals surface area contributed by atoms with Crippen molar-refractivity contribution >= 4 is 11.6 Å². The van der Waals surface area contributed by atoms with E-state index in [1.807, 2.05) is 26.0 Å². The number of benzene rings is 1. The quantitative estimate of drug-likeness (QED) is 0.839. The summed E-state index contributed by atoms with van der Waals surface area (Å²) in [5, 5.41) is 9.81. The molecule has 0 saturated heterocycles. The Morgan fingerprint density at radius 1 is 1.36 bits per heavy atom. The van der Waals surface area contributed by atoms with Crippen LogP contribution in [0.3, 0.4) is 0 Å². The molecule has 0 aliphatic rings. The van der Waals surface area contributed by atoms with Crippen molar-refractivity contribution in [3.05, 3.63) is 28.3 Å². The van der Waals surface area contributed by atoms with Crippen molar-refractivity contribution in [2.75, 3.05) is 6.61 Å². The highest BCUT2D eigenvalue weighted by Crippen LogP contribution is 2.26. The Morgan fingerprint density at radius 2 is 1.86 bits per heavy atom. The summed E-state index contributed by atoms with van der Waals surface area (Å²) in [6.45, 7) is 5.89. The number of rotatable bonds is 3. The summed E-state index contributed by atoms with van der Waals surface area (Å²) in [4.78, 5) is 0. The first-order valence-electron chi connectivity index (χ1n) is 4.58. The largest absolute Gasteiger partial charge is 0.490 e. The van der Waals surface area contributed by atoms with Gasteiger partial charge in [-0.1, -0.05) is 11.6 Å². The second-order valence-corrected chi connectivity index (χ2v) is 3.97. The highest BCUT2D eigenvalue weighted by atomic mass is 35.5. The molecule has 14 heavy (non-hydrogen) atoms. The highest BCUT2D eigenvalue weighted by molar-refractivity contribution is 6.30. The van der Waals surface area contributed by atoms with Gasteiger partial charge < -0.3 is 9.84 Å². The van der Waals surface area contributed by atoms with Crippen molar-refractivity contribution in [2.45, 2.75) is 26.9 Å². The molecule has 0 spiro atoms. The third-order valence-electron chi connectivity index (χ3n) is 1.89. The molecule has 0 aliphatic carbocycles.